The highest BCUT2D eigenvalue weighted by atomic mass is 32.2. The highest BCUT2D eigenvalue weighted by Gasteiger charge is 2.18. The molecule has 0 aliphatic carbocycles. The van der Waals surface area contributed by atoms with Gasteiger partial charge in [0.2, 0.25) is 11.0 Å². The van der Waals surface area contributed by atoms with Crippen LogP contribution in [0.5, 0.6) is 5.75 Å². The molecule has 28 heavy (non-hydrogen) atoms. The van der Waals surface area contributed by atoms with E-state index >= 15 is 0 Å². The van der Waals surface area contributed by atoms with Crippen LogP contribution in [0.15, 0.2) is 46.8 Å². The third kappa shape index (κ3) is 5.02. The molecule has 3 aromatic rings. The third-order valence-electron chi connectivity index (χ3n) is 4.18. The molecule has 0 fully saturated rings. The molecule has 0 aliphatic heterocycles. The number of amides is 1. The summed E-state index contributed by atoms with van der Waals surface area (Å²) in [6.45, 7) is 5.99. The van der Waals surface area contributed by atoms with Crippen molar-refractivity contribution in [1.29, 1.82) is 0 Å². The number of methoxy groups -OCH3 is 1. The van der Waals surface area contributed by atoms with Gasteiger partial charge in [0.15, 0.2) is 4.34 Å². The Balaban J connectivity index is 1.60. The van der Waals surface area contributed by atoms with E-state index in [1.165, 1.54) is 34.2 Å². The van der Waals surface area contributed by atoms with Crippen molar-refractivity contribution in [3.63, 3.8) is 0 Å². The van der Waals surface area contributed by atoms with Crippen molar-refractivity contribution in [1.82, 2.24) is 10.2 Å². The second-order valence-corrected chi connectivity index (χ2v) is 8.81. The number of aromatic nitrogens is 2. The van der Waals surface area contributed by atoms with E-state index < -0.39 is 0 Å². The molecule has 1 heterocycles. The van der Waals surface area contributed by atoms with Crippen molar-refractivity contribution < 1.29 is 9.53 Å². The Morgan fingerprint density at radius 2 is 1.93 bits per heavy atom. The van der Waals surface area contributed by atoms with Gasteiger partial charge in [-0.25, -0.2) is 0 Å². The average molecular weight is 415 g/mol. The van der Waals surface area contributed by atoms with Gasteiger partial charge in [0, 0.05) is 5.69 Å². The quantitative estimate of drug-likeness (QED) is 0.528. The van der Waals surface area contributed by atoms with Gasteiger partial charge >= 0.3 is 0 Å². The predicted octanol–water partition coefficient (Wildman–Crippen LogP) is 5.03. The lowest BCUT2D eigenvalue weighted by Crippen LogP contribution is -2.22. The molecule has 0 radical (unpaired) electrons. The topological polar surface area (TPSA) is 76.1 Å². The molecule has 1 amide bonds. The van der Waals surface area contributed by atoms with Crippen molar-refractivity contribution in [3.05, 3.63) is 53.6 Å². The minimum atomic E-state index is -0.327. The second-order valence-electron chi connectivity index (χ2n) is 6.25. The summed E-state index contributed by atoms with van der Waals surface area (Å²) in [6.07, 6.45) is 0. The predicted molar refractivity (Wildman–Crippen MR) is 116 cm³/mol. The van der Waals surface area contributed by atoms with Crippen LogP contribution in [0.4, 0.5) is 16.5 Å². The molecule has 3 rings (SSSR count). The van der Waals surface area contributed by atoms with Gasteiger partial charge in [0.25, 0.3) is 0 Å². The number of benzene rings is 2. The molecule has 0 unspecified atom stereocenters. The number of thioether (sulfide) groups is 1. The molecule has 2 aromatic carbocycles. The number of hydrogen-bond acceptors (Lipinski definition) is 7. The van der Waals surface area contributed by atoms with Crippen molar-refractivity contribution in [2.45, 2.75) is 30.4 Å². The average Bonchev–Trinajstić information content (AvgIpc) is 3.12. The summed E-state index contributed by atoms with van der Waals surface area (Å²) in [5, 5.41) is 14.9. The molecular formula is C20H22N4O2S2. The maximum Gasteiger partial charge on any atom is 0.237 e. The Hall–Kier alpha value is -2.58. The highest BCUT2D eigenvalue weighted by Crippen LogP contribution is 2.32. The Morgan fingerprint density at radius 3 is 2.68 bits per heavy atom. The molecule has 1 aromatic heterocycles. The number of ether oxygens (including phenoxy) is 1. The third-order valence-corrected chi connectivity index (χ3v) is 6.20. The number of rotatable bonds is 7. The van der Waals surface area contributed by atoms with E-state index in [2.05, 4.69) is 46.8 Å². The first kappa shape index (κ1) is 20.2. The van der Waals surface area contributed by atoms with E-state index in [1.54, 1.807) is 7.11 Å². The van der Waals surface area contributed by atoms with Gasteiger partial charge in [-0.3, -0.25) is 4.79 Å². The number of nitrogens with one attached hydrogen (secondary N) is 2. The van der Waals surface area contributed by atoms with Gasteiger partial charge < -0.3 is 15.4 Å². The molecule has 0 aliphatic rings. The lowest BCUT2D eigenvalue weighted by Gasteiger charge is -2.12. The van der Waals surface area contributed by atoms with Gasteiger partial charge in [0.05, 0.1) is 18.0 Å². The van der Waals surface area contributed by atoms with Crippen molar-refractivity contribution in [2.24, 2.45) is 0 Å². The number of carbonyl (C=O) groups is 1. The number of nitrogens with zero attached hydrogens (tertiary/aromatic N) is 2. The van der Waals surface area contributed by atoms with E-state index in [1.807, 2.05) is 37.3 Å². The molecule has 0 saturated heterocycles. The molecule has 2 N–H and O–H groups in total. The van der Waals surface area contributed by atoms with Crippen LogP contribution in [0.2, 0.25) is 0 Å². The van der Waals surface area contributed by atoms with E-state index in [-0.39, 0.29) is 11.2 Å². The maximum absolute atomic E-state index is 12.5. The molecule has 0 spiro atoms. The van der Waals surface area contributed by atoms with Gasteiger partial charge in [0.1, 0.15) is 5.75 Å². The van der Waals surface area contributed by atoms with Gasteiger partial charge in [-0.05, 0) is 56.2 Å². The highest BCUT2D eigenvalue weighted by molar-refractivity contribution is 8.02. The zero-order chi connectivity index (χ0) is 20.1. The van der Waals surface area contributed by atoms with Crippen LogP contribution >= 0.6 is 23.1 Å². The second kappa shape index (κ2) is 9.07. The fourth-order valence-corrected chi connectivity index (χ4v) is 4.35. The maximum atomic E-state index is 12.5. The number of aryl methyl sites for hydroxylation is 2. The largest absolute Gasteiger partial charge is 0.495 e. The molecule has 8 heteroatoms. The van der Waals surface area contributed by atoms with Crippen LogP contribution in [0.1, 0.15) is 18.1 Å². The molecule has 1 atom stereocenters. The van der Waals surface area contributed by atoms with Crippen LogP contribution in [0.3, 0.4) is 0 Å². The Morgan fingerprint density at radius 1 is 1.14 bits per heavy atom. The monoisotopic (exact) mass is 414 g/mol. The minimum Gasteiger partial charge on any atom is -0.495 e. The first-order valence-corrected chi connectivity index (χ1v) is 10.4. The van der Waals surface area contributed by atoms with Crippen molar-refractivity contribution in [2.75, 3.05) is 17.7 Å². The first-order valence-electron chi connectivity index (χ1n) is 8.74. The number of para-hydroxylation sites is 2. The molecular weight excluding hydrogens is 392 g/mol. The number of hydrogen-bond donors (Lipinski definition) is 2. The minimum absolute atomic E-state index is 0.117. The van der Waals surface area contributed by atoms with E-state index in [0.29, 0.717) is 16.6 Å². The zero-order valence-electron chi connectivity index (χ0n) is 16.1. The summed E-state index contributed by atoms with van der Waals surface area (Å²) in [7, 11) is 1.58. The van der Waals surface area contributed by atoms with E-state index in [0.717, 1.165) is 10.0 Å². The van der Waals surface area contributed by atoms with Gasteiger partial charge in [-0.1, -0.05) is 41.3 Å². The van der Waals surface area contributed by atoms with Crippen LogP contribution in [-0.2, 0) is 4.79 Å². The Labute approximate surface area is 172 Å². The van der Waals surface area contributed by atoms with Gasteiger partial charge in [-0.15, -0.1) is 10.2 Å². The summed E-state index contributed by atoms with van der Waals surface area (Å²) in [4.78, 5) is 12.5. The van der Waals surface area contributed by atoms with E-state index in [9.17, 15) is 4.79 Å². The number of anilines is 3. The smallest absolute Gasteiger partial charge is 0.237 e. The summed E-state index contributed by atoms with van der Waals surface area (Å²) in [6, 6.07) is 13.5. The molecule has 146 valence electrons. The SMILES string of the molecule is COc1ccccc1NC(=O)[C@@H](C)Sc1nnc(Nc2ccc(C)c(C)c2)s1. The molecule has 0 saturated carbocycles. The van der Waals surface area contributed by atoms with Crippen molar-refractivity contribution >= 4 is 45.5 Å². The van der Waals surface area contributed by atoms with Crippen LogP contribution in [0, 0.1) is 13.8 Å². The zero-order valence-corrected chi connectivity index (χ0v) is 17.8. The fourth-order valence-electron chi connectivity index (χ4n) is 2.44. The van der Waals surface area contributed by atoms with Gasteiger partial charge in [-0.2, -0.15) is 0 Å². The first-order chi connectivity index (χ1) is 13.5. The lowest BCUT2D eigenvalue weighted by molar-refractivity contribution is -0.115. The van der Waals surface area contributed by atoms with E-state index in [4.69, 9.17) is 4.74 Å². The van der Waals surface area contributed by atoms with Crippen LogP contribution < -0.4 is 15.4 Å². The number of carbonyl (C=O) groups excluding carboxylic acids is 1. The summed E-state index contributed by atoms with van der Waals surface area (Å²) in [5.41, 5.74) is 4.08. The Bertz CT molecular complexity index is 974. The summed E-state index contributed by atoms with van der Waals surface area (Å²) < 4.78 is 6.00. The fraction of sp³-hybridized carbons (Fsp3) is 0.250. The Kier molecular flexibility index (Phi) is 6.53. The normalized spacial score (nSPS) is 11.7. The summed E-state index contributed by atoms with van der Waals surface area (Å²) in [5.74, 6) is 0.511. The van der Waals surface area contributed by atoms with Crippen LogP contribution in [0.25, 0.3) is 0 Å². The van der Waals surface area contributed by atoms with Crippen molar-refractivity contribution in [3.8, 4) is 5.75 Å². The van der Waals surface area contributed by atoms with Crippen LogP contribution in [-0.4, -0.2) is 28.5 Å². The molecule has 6 nitrogen and oxygen atoms in total. The lowest BCUT2D eigenvalue weighted by atomic mass is 10.1. The standard InChI is InChI=1S/C20H22N4O2S2/c1-12-9-10-15(11-13(12)2)21-19-23-24-20(28-19)27-14(3)18(25)22-16-7-5-6-8-17(16)26-4/h5-11,14H,1-4H3,(H,21,23)(H,22,25)/t14-/m1/s1. The summed E-state index contributed by atoms with van der Waals surface area (Å²) >= 11 is 2.80. The molecule has 0 bridgehead atoms.